The lowest BCUT2D eigenvalue weighted by Gasteiger charge is -2.43. The molecule has 12 heteroatoms. The molecular formula is C23H34O9S2Si. The van der Waals surface area contributed by atoms with Gasteiger partial charge >= 0.3 is 20.8 Å². The maximum atomic E-state index is 12.2. The maximum absolute atomic E-state index is 12.2. The van der Waals surface area contributed by atoms with Gasteiger partial charge in [0.2, 0.25) is 0 Å². The molecule has 2 aromatic carbocycles. The van der Waals surface area contributed by atoms with E-state index in [0.29, 0.717) is 0 Å². The molecule has 0 aromatic heterocycles. The van der Waals surface area contributed by atoms with Crippen molar-refractivity contribution < 1.29 is 38.0 Å². The van der Waals surface area contributed by atoms with Crippen LogP contribution in [0.25, 0.3) is 0 Å². The van der Waals surface area contributed by atoms with Crippen LogP contribution in [0.1, 0.15) is 34.6 Å². The van der Waals surface area contributed by atoms with Gasteiger partial charge in [-0.1, -0.05) is 81.4 Å². The average Bonchev–Trinajstić information content (AvgIpc) is 2.78. The summed E-state index contributed by atoms with van der Waals surface area (Å²) in [4.78, 5) is 0. The summed E-state index contributed by atoms with van der Waals surface area (Å²) in [5, 5.41) is 1.54. The van der Waals surface area contributed by atoms with Crippen molar-refractivity contribution in [3.63, 3.8) is 0 Å². The third-order valence-corrected chi connectivity index (χ3v) is 12.1. The molecule has 0 spiro atoms. The number of hydrogen-bond acceptors (Lipinski definition) is 9. The Kier molecular flexibility index (Phi) is 10.6. The zero-order chi connectivity index (χ0) is 26.2. The first-order valence-corrected chi connectivity index (χ1v) is 15.8. The van der Waals surface area contributed by atoms with E-state index in [-0.39, 0.29) is 19.8 Å². The minimum Gasteiger partial charge on any atom is -0.405 e. The molecule has 2 rings (SSSR count). The van der Waals surface area contributed by atoms with Crippen LogP contribution in [-0.4, -0.2) is 57.7 Å². The highest BCUT2D eigenvalue weighted by Crippen LogP contribution is 2.37. The second kappa shape index (κ2) is 12.5. The summed E-state index contributed by atoms with van der Waals surface area (Å²) in [6.45, 7) is 7.94. The summed E-state index contributed by atoms with van der Waals surface area (Å²) < 4.78 is 74.2. The zero-order valence-electron chi connectivity index (χ0n) is 20.7. The van der Waals surface area contributed by atoms with Gasteiger partial charge in [0.15, 0.2) is 0 Å². The fourth-order valence-electron chi connectivity index (χ4n) is 3.76. The smallest absolute Gasteiger partial charge is 0.400 e. The molecule has 0 bridgehead atoms. The van der Waals surface area contributed by atoms with Crippen LogP contribution in [0.5, 0.6) is 0 Å². The van der Waals surface area contributed by atoms with E-state index < -0.39 is 46.9 Å². The Morgan fingerprint density at radius 3 is 1.60 bits per heavy atom. The van der Waals surface area contributed by atoms with Crippen LogP contribution in [0, 0.1) is 0 Å². The van der Waals surface area contributed by atoms with Crippen LogP contribution in [0.4, 0.5) is 0 Å². The Hall–Kier alpha value is -1.64. The molecule has 0 saturated carbocycles. The summed E-state index contributed by atoms with van der Waals surface area (Å²) in [5.74, 6) is 0. The SMILES string of the molecule is CCOS(=O)(=O)OCC(CO[Si](c1ccccc1)(c1ccccc1)C(C)(C)C)OS(=O)(=O)OCC. The molecule has 1 unspecified atom stereocenters. The van der Waals surface area contributed by atoms with E-state index in [4.69, 9.17) is 12.8 Å². The number of rotatable bonds is 14. The van der Waals surface area contributed by atoms with Crippen molar-refractivity contribution in [3.05, 3.63) is 60.7 Å². The quantitative estimate of drug-likeness (QED) is 0.330. The summed E-state index contributed by atoms with van der Waals surface area (Å²) >= 11 is 0. The fraction of sp³-hybridized carbons (Fsp3) is 0.478. The van der Waals surface area contributed by atoms with E-state index in [2.05, 4.69) is 29.1 Å². The largest absolute Gasteiger partial charge is 0.405 e. The van der Waals surface area contributed by atoms with Gasteiger partial charge in [-0.3, -0.25) is 0 Å². The van der Waals surface area contributed by atoms with Gasteiger partial charge in [-0.15, -0.1) is 0 Å². The van der Waals surface area contributed by atoms with Crippen LogP contribution in [0.15, 0.2) is 60.7 Å². The molecule has 9 nitrogen and oxygen atoms in total. The Morgan fingerprint density at radius 1 is 0.714 bits per heavy atom. The lowest BCUT2D eigenvalue weighted by atomic mass is 10.2. The number of hydrogen-bond donors (Lipinski definition) is 0. The van der Waals surface area contributed by atoms with Crippen molar-refractivity contribution in [2.75, 3.05) is 26.4 Å². The van der Waals surface area contributed by atoms with Crippen LogP contribution in [-0.2, 0) is 42.0 Å². The molecular weight excluding hydrogens is 512 g/mol. The van der Waals surface area contributed by atoms with Crippen LogP contribution >= 0.6 is 0 Å². The minimum atomic E-state index is -4.42. The zero-order valence-corrected chi connectivity index (χ0v) is 23.3. The molecule has 0 amide bonds. The molecule has 0 radical (unpaired) electrons. The molecule has 0 fully saturated rings. The van der Waals surface area contributed by atoms with E-state index in [1.807, 2.05) is 60.7 Å². The summed E-state index contributed by atoms with van der Waals surface area (Å²) in [6.07, 6.45) is -1.32. The highest BCUT2D eigenvalue weighted by atomic mass is 32.3. The molecule has 0 heterocycles. The highest BCUT2D eigenvalue weighted by molar-refractivity contribution is 7.82. The van der Waals surface area contributed by atoms with Crippen molar-refractivity contribution in [2.45, 2.75) is 45.8 Å². The molecule has 0 N–H and O–H groups in total. The first-order valence-electron chi connectivity index (χ1n) is 11.2. The van der Waals surface area contributed by atoms with Crippen molar-refractivity contribution in [1.82, 2.24) is 0 Å². The standard InChI is InChI=1S/C23H34O9S2Si/c1-6-28-33(24,25)30-18-20(32-34(26,27)29-7-2)19-31-35(23(3,4)5,21-14-10-8-11-15-21)22-16-12-9-13-17-22/h8-17,20H,6-7,18-19H2,1-5H3. The molecule has 196 valence electrons. The minimum absolute atomic E-state index is 0.135. The normalized spacial score (nSPS) is 14.1. The first kappa shape index (κ1) is 29.6. The van der Waals surface area contributed by atoms with Crippen molar-refractivity contribution in [2.24, 2.45) is 0 Å². The van der Waals surface area contributed by atoms with E-state index in [9.17, 15) is 16.8 Å². The van der Waals surface area contributed by atoms with Gasteiger partial charge in [0.25, 0.3) is 8.32 Å². The molecule has 1 atom stereocenters. The second-order valence-electron chi connectivity index (χ2n) is 8.61. The third-order valence-electron chi connectivity index (χ3n) is 5.08. The monoisotopic (exact) mass is 546 g/mol. The molecule has 0 aliphatic carbocycles. The van der Waals surface area contributed by atoms with Gasteiger partial charge in [0, 0.05) is 0 Å². The fourth-order valence-corrected chi connectivity index (χ4v) is 9.81. The van der Waals surface area contributed by atoms with Gasteiger partial charge in [-0.05, 0) is 29.3 Å². The molecule has 0 saturated heterocycles. The van der Waals surface area contributed by atoms with Crippen molar-refractivity contribution in [1.29, 1.82) is 0 Å². The summed E-state index contributed by atoms with van der Waals surface area (Å²) in [5.41, 5.74) is 0. The van der Waals surface area contributed by atoms with Crippen LogP contribution < -0.4 is 10.4 Å². The Morgan fingerprint density at radius 2 is 1.17 bits per heavy atom. The first-order chi connectivity index (χ1) is 16.4. The van der Waals surface area contributed by atoms with Crippen LogP contribution in [0.2, 0.25) is 5.04 Å². The Bertz CT molecular complexity index is 1080. The van der Waals surface area contributed by atoms with Gasteiger partial charge in [-0.2, -0.15) is 16.8 Å². The van der Waals surface area contributed by atoms with E-state index in [0.717, 1.165) is 10.4 Å². The predicted octanol–water partition coefficient (Wildman–Crippen LogP) is 2.53. The number of benzene rings is 2. The molecule has 0 aliphatic rings. The topological polar surface area (TPSA) is 114 Å². The lowest BCUT2D eigenvalue weighted by molar-refractivity contribution is 0.0615. The van der Waals surface area contributed by atoms with E-state index >= 15 is 0 Å². The molecule has 35 heavy (non-hydrogen) atoms. The second-order valence-corrected chi connectivity index (χ2v) is 15.4. The van der Waals surface area contributed by atoms with Gasteiger partial charge in [-0.25, -0.2) is 16.7 Å². The summed E-state index contributed by atoms with van der Waals surface area (Å²) in [7, 11) is -11.8. The van der Waals surface area contributed by atoms with Crippen molar-refractivity contribution >= 4 is 39.5 Å². The maximum Gasteiger partial charge on any atom is 0.400 e. The van der Waals surface area contributed by atoms with Gasteiger partial charge in [0.1, 0.15) is 6.10 Å². The van der Waals surface area contributed by atoms with Crippen LogP contribution in [0.3, 0.4) is 0 Å². The van der Waals surface area contributed by atoms with E-state index in [1.54, 1.807) is 0 Å². The average molecular weight is 547 g/mol. The van der Waals surface area contributed by atoms with Gasteiger partial charge in [0.05, 0.1) is 26.4 Å². The lowest BCUT2D eigenvalue weighted by Crippen LogP contribution is -2.67. The molecule has 2 aromatic rings. The van der Waals surface area contributed by atoms with Gasteiger partial charge < -0.3 is 4.43 Å². The molecule has 0 aliphatic heterocycles. The third kappa shape index (κ3) is 8.19. The Balaban J connectivity index is 2.48. The predicted molar refractivity (Wildman–Crippen MR) is 135 cm³/mol. The Labute approximate surface area is 210 Å². The van der Waals surface area contributed by atoms with E-state index in [1.165, 1.54) is 13.8 Å². The highest BCUT2D eigenvalue weighted by Gasteiger charge is 2.50. The summed E-state index contributed by atoms with van der Waals surface area (Å²) in [6, 6.07) is 19.4. The van der Waals surface area contributed by atoms with Crippen molar-refractivity contribution in [3.8, 4) is 0 Å².